The van der Waals surface area contributed by atoms with Crippen LogP contribution in [0.2, 0.25) is 0 Å². The zero-order valence-electron chi connectivity index (χ0n) is 11.1. The van der Waals surface area contributed by atoms with E-state index in [-0.39, 0.29) is 12.3 Å². The normalized spacial score (nSPS) is 10.4. The maximum absolute atomic E-state index is 11.6. The Labute approximate surface area is 111 Å². The number of rotatable bonds is 9. The molecule has 1 aromatic heterocycles. The Morgan fingerprint density at radius 3 is 2.74 bits per heavy atom. The largest absolute Gasteiger partial charge is 0.461 e. The molecule has 0 aromatic carbocycles. The molecule has 0 bridgehead atoms. The van der Waals surface area contributed by atoms with Crippen molar-refractivity contribution < 1.29 is 14.5 Å². The average Bonchev–Trinajstić information content (AvgIpc) is 2.87. The van der Waals surface area contributed by atoms with Gasteiger partial charge in [-0.2, -0.15) is 0 Å². The van der Waals surface area contributed by atoms with E-state index in [0.717, 1.165) is 25.6 Å². The van der Waals surface area contributed by atoms with Crippen molar-refractivity contribution in [1.29, 1.82) is 0 Å². The first-order valence-electron chi connectivity index (χ1n) is 6.51. The van der Waals surface area contributed by atoms with Gasteiger partial charge in [-0.05, 0) is 11.3 Å². The van der Waals surface area contributed by atoms with Crippen LogP contribution in [0.15, 0.2) is 6.33 Å². The number of imidazole rings is 1. The minimum atomic E-state index is -0.749. The number of H-pyrrole nitrogens is 1. The number of nitrogens with zero attached hydrogens (tertiary/aromatic N) is 2. The quantitative estimate of drug-likeness (QED) is 0.321. The van der Waals surface area contributed by atoms with Gasteiger partial charge in [0.2, 0.25) is 5.69 Å². The van der Waals surface area contributed by atoms with Crippen molar-refractivity contribution in [1.82, 2.24) is 9.97 Å². The fourth-order valence-electron chi connectivity index (χ4n) is 1.69. The van der Waals surface area contributed by atoms with Crippen LogP contribution < -0.4 is 0 Å². The van der Waals surface area contributed by atoms with Crippen LogP contribution in [-0.2, 0) is 4.74 Å². The minimum absolute atomic E-state index is 0.268. The van der Waals surface area contributed by atoms with Crippen molar-refractivity contribution in [2.45, 2.75) is 45.4 Å². The Bertz CT molecular complexity index is 417. The maximum Gasteiger partial charge on any atom is 0.365 e. The van der Waals surface area contributed by atoms with Crippen LogP contribution in [0.4, 0.5) is 5.82 Å². The second-order valence-electron chi connectivity index (χ2n) is 4.26. The van der Waals surface area contributed by atoms with Gasteiger partial charge in [0.05, 0.1) is 6.61 Å². The molecule has 7 heteroatoms. The van der Waals surface area contributed by atoms with E-state index in [0.29, 0.717) is 0 Å². The van der Waals surface area contributed by atoms with Crippen LogP contribution in [0.1, 0.15) is 55.9 Å². The molecule has 0 fully saturated rings. The number of hydrogen-bond donors (Lipinski definition) is 1. The minimum Gasteiger partial charge on any atom is -0.461 e. The molecule has 0 unspecified atom stereocenters. The fraction of sp³-hybridized carbons (Fsp3) is 0.667. The number of unbranched alkanes of at least 4 members (excludes halogenated alkanes) is 5. The zero-order chi connectivity index (χ0) is 14.1. The molecule has 0 aliphatic carbocycles. The topological polar surface area (TPSA) is 98.1 Å². The zero-order valence-corrected chi connectivity index (χ0v) is 11.1. The molecule has 1 aromatic rings. The van der Waals surface area contributed by atoms with E-state index in [4.69, 9.17) is 4.74 Å². The van der Waals surface area contributed by atoms with Crippen LogP contribution in [-0.4, -0.2) is 27.5 Å². The lowest BCUT2D eigenvalue weighted by atomic mass is 10.1. The molecular weight excluding hydrogens is 250 g/mol. The summed E-state index contributed by atoms with van der Waals surface area (Å²) in [6.45, 7) is 2.42. The third-order valence-corrected chi connectivity index (χ3v) is 2.73. The van der Waals surface area contributed by atoms with Gasteiger partial charge in [-0.25, -0.2) is 14.8 Å². The molecule has 1 heterocycles. The SMILES string of the molecule is CCCCCCCCOC(=O)c1nc[nH]c1[N+](=O)[O-]. The summed E-state index contributed by atoms with van der Waals surface area (Å²) in [5, 5.41) is 10.6. The van der Waals surface area contributed by atoms with Gasteiger partial charge in [-0.15, -0.1) is 0 Å². The molecule has 0 saturated heterocycles. The molecule has 1 N–H and O–H groups in total. The number of carbonyl (C=O) groups excluding carboxylic acids is 1. The molecule has 19 heavy (non-hydrogen) atoms. The van der Waals surface area contributed by atoms with Crippen LogP contribution >= 0.6 is 0 Å². The van der Waals surface area contributed by atoms with Gasteiger partial charge in [-0.1, -0.05) is 39.0 Å². The molecule has 0 radical (unpaired) electrons. The highest BCUT2D eigenvalue weighted by molar-refractivity contribution is 5.90. The number of nitrogens with one attached hydrogen (secondary N) is 1. The maximum atomic E-state index is 11.6. The fourth-order valence-corrected chi connectivity index (χ4v) is 1.69. The summed E-state index contributed by atoms with van der Waals surface area (Å²) in [4.78, 5) is 27.4. The Kier molecular flexibility index (Phi) is 6.56. The van der Waals surface area contributed by atoms with Crippen LogP contribution in [0.5, 0.6) is 0 Å². The van der Waals surface area contributed by atoms with E-state index in [9.17, 15) is 14.9 Å². The number of ether oxygens (including phenoxy) is 1. The van der Waals surface area contributed by atoms with Crippen molar-refractivity contribution in [3.05, 3.63) is 22.1 Å². The van der Waals surface area contributed by atoms with Crippen molar-refractivity contribution in [2.24, 2.45) is 0 Å². The molecular formula is C12H19N3O4. The molecule has 0 amide bonds. The van der Waals surface area contributed by atoms with Crippen LogP contribution in [0.25, 0.3) is 0 Å². The molecule has 0 spiro atoms. The van der Waals surface area contributed by atoms with Gasteiger partial charge < -0.3 is 14.9 Å². The summed E-state index contributed by atoms with van der Waals surface area (Å²) < 4.78 is 4.96. The highest BCUT2D eigenvalue weighted by Gasteiger charge is 2.23. The third kappa shape index (κ3) is 5.07. The van der Waals surface area contributed by atoms with Crippen molar-refractivity contribution in [3.8, 4) is 0 Å². The predicted octanol–water partition coefficient (Wildman–Crippen LogP) is 2.84. The second kappa shape index (κ2) is 8.23. The van der Waals surface area contributed by atoms with E-state index in [1.807, 2.05) is 0 Å². The summed E-state index contributed by atoms with van der Waals surface area (Å²) in [5.74, 6) is -1.17. The third-order valence-electron chi connectivity index (χ3n) is 2.73. The second-order valence-corrected chi connectivity index (χ2v) is 4.26. The first-order valence-corrected chi connectivity index (χ1v) is 6.51. The number of nitro groups is 1. The highest BCUT2D eigenvalue weighted by Crippen LogP contribution is 2.13. The monoisotopic (exact) mass is 269 g/mol. The van der Waals surface area contributed by atoms with E-state index >= 15 is 0 Å². The van der Waals surface area contributed by atoms with Crippen molar-refractivity contribution in [2.75, 3.05) is 6.61 Å². The summed E-state index contributed by atoms with van der Waals surface area (Å²) in [5.41, 5.74) is -0.268. The number of esters is 1. The van der Waals surface area contributed by atoms with Gasteiger partial charge in [0, 0.05) is 0 Å². The molecule has 0 atom stereocenters. The van der Waals surface area contributed by atoms with Gasteiger partial charge in [0.1, 0.15) is 0 Å². The Morgan fingerprint density at radius 1 is 1.37 bits per heavy atom. The van der Waals surface area contributed by atoms with Crippen molar-refractivity contribution in [3.63, 3.8) is 0 Å². The number of aromatic amines is 1. The molecule has 1 rings (SSSR count). The summed E-state index contributed by atoms with van der Waals surface area (Å²) >= 11 is 0. The number of aromatic nitrogens is 2. The first-order chi connectivity index (χ1) is 9.16. The van der Waals surface area contributed by atoms with E-state index in [2.05, 4.69) is 16.9 Å². The Morgan fingerprint density at radius 2 is 2.05 bits per heavy atom. The molecule has 0 saturated carbocycles. The van der Waals surface area contributed by atoms with Crippen LogP contribution in [0.3, 0.4) is 0 Å². The molecule has 0 aliphatic rings. The molecule has 106 valence electrons. The lowest BCUT2D eigenvalue weighted by Gasteiger charge is -2.03. The Hall–Kier alpha value is -1.92. The molecule has 7 nitrogen and oxygen atoms in total. The standard InChI is InChI=1S/C12H19N3O4/c1-2-3-4-5-6-7-8-19-12(16)10-11(15(17)18)14-9-13-10/h9H,2-8H2,1H3,(H,13,14). The smallest absolute Gasteiger partial charge is 0.365 e. The van der Waals surface area contributed by atoms with Crippen molar-refractivity contribution >= 4 is 11.8 Å². The summed E-state index contributed by atoms with van der Waals surface area (Å²) in [6, 6.07) is 0. The first kappa shape index (κ1) is 15.1. The van der Waals surface area contributed by atoms with E-state index < -0.39 is 16.7 Å². The predicted molar refractivity (Wildman–Crippen MR) is 68.9 cm³/mol. The summed E-state index contributed by atoms with van der Waals surface area (Å²) in [7, 11) is 0. The van der Waals surface area contributed by atoms with Gasteiger partial charge in [0.15, 0.2) is 6.33 Å². The lowest BCUT2D eigenvalue weighted by Crippen LogP contribution is -2.09. The lowest BCUT2D eigenvalue weighted by molar-refractivity contribution is -0.389. The number of hydrogen-bond acceptors (Lipinski definition) is 5. The average molecular weight is 269 g/mol. The van der Waals surface area contributed by atoms with Gasteiger partial charge in [-0.3, -0.25) is 0 Å². The van der Waals surface area contributed by atoms with Gasteiger partial charge >= 0.3 is 11.8 Å². The van der Waals surface area contributed by atoms with Gasteiger partial charge in [0.25, 0.3) is 0 Å². The van der Waals surface area contributed by atoms with Crippen LogP contribution in [0, 0.1) is 10.1 Å². The summed E-state index contributed by atoms with van der Waals surface area (Å²) in [6.07, 6.45) is 7.60. The Balaban J connectivity index is 2.24. The van der Waals surface area contributed by atoms with E-state index in [1.54, 1.807) is 0 Å². The highest BCUT2D eigenvalue weighted by atomic mass is 16.6. The molecule has 0 aliphatic heterocycles. The number of carbonyl (C=O) groups is 1. The van der Waals surface area contributed by atoms with E-state index in [1.165, 1.54) is 19.3 Å².